The van der Waals surface area contributed by atoms with Gasteiger partial charge < -0.3 is 4.98 Å². The third-order valence-corrected chi connectivity index (χ3v) is 7.24. The molecule has 0 aliphatic rings. The molecule has 5 rings (SSSR count). The molecule has 142 valence electrons. The third-order valence-electron chi connectivity index (χ3n) is 5.08. The zero-order valence-corrected chi connectivity index (χ0v) is 17.8. The molecule has 1 N–H and O–H groups in total. The number of rotatable bonds is 4. The van der Waals surface area contributed by atoms with Gasteiger partial charge >= 0.3 is 0 Å². The van der Waals surface area contributed by atoms with Gasteiger partial charge in [0.15, 0.2) is 0 Å². The van der Waals surface area contributed by atoms with E-state index in [0.717, 1.165) is 16.6 Å². The van der Waals surface area contributed by atoms with Gasteiger partial charge in [-0.1, -0.05) is 30.3 Å². The molecule has 2 aromatic carbocycles. The fraction of sp³-hybridized carbons (Fsp3) is 0.0833. The van der Waals surface area contributed by atoms with Crippen LogP contribution in [-0.4, -0.2) is 16.2 Å². The average Bonchev–Trinajstić information content (AvgIpc) is 3.47. The van der Waals surface area contributed by atoms with Crippen LogP contribution in [0.15, 0.2) is 70.7 Å². The molecule has 3 aromatic heterocycles. The first-order valence-corrected chi connectivity index (χ1v) is 11.2. The molecule has 0 saturated carbocycles. The van der Waals surface area contributed by atoms with Crippen molar-refractivity contribution in [1.29, 1.82) is 0 Å². The number of aromatic nitrogens is 2. The van der Waals surface area contributed by atoms with E-state index in [4.69, 9.17) is 0 Å². The lowest BCUT2D eigenvalue weighted by atomic mass is 10.0. The summed E-state index contributed by atoms with van der Waals surface area (Å²) in [5.74, 6) is 0. The van der Waals surface area contributed by atoms with Gasteiger partial charge in [0.1, 0.15) is 0 Å². The number of aromatic amines is 1. The second-order valence-corrected chi connectivity index (χ2v) is 8.65. The van der Waals surface area contributed by atoms with Gasteiger partial charge in [-0.15, -0.1) is 22.7 Å². The number of hydrogen-bond donors (Lipinski definition) is 1. The van der Waals surface area contributed by atoms with Crippen molar-refractivity contribution < 1.29 is 0 Å². The predicted octanol–water partition coefficient (Wildman–Crippen LogP) is 7.62. The topological polar surface area (TPSA) is 41.0 Å². The molecule has 0 bridgehead atoms. The van der Waals surface area contributed by atoms with E-state index in [2.05, 4.69) is 75.1 Å². The molecular weight excluding hydrogens is 394 g/mol. The molecule has 3 heterocycles. The van der Waals surface area contributed by atoms with Gasteiger partial charge in [-0.3, -0.25) is 4.99 Å². The summed E-state index contributed by atoms with van der Waals surface area (Å²) in [6, 6.07) is 15.2. The molecule has 0 atom stereocenters. The Morgan fingerprint density at radius 1 is 0.966 bits per heavy atom. The Labute approximate surface area is 177 Å². The summed E-state index contributed by atoms with van der Waals surface area (Å²) in [5.41, 5.74) is 9.53. The SMILES string of the molecule is CC=N/C=C(\C)c1ccc(-c2csc3c(-c4ccc5nc[nH]c5c4)csc23)cc1. The smallest absolute Gasteiger partial charge is 0.0931 e. The van der Waals surface area contributed by atoms with Crippen molar-refractivity contribution in [3.8, 4) is 22.3 Å². The molecule has 0 aliphatic carbocycles. The zero-order chi connectivity index (χ0) is 19.8. The highest BCUT2D eigenvalue weighted by Crippen LogP contribution is 2.44. The molecule has 0 aliphatic heterocycles. The van der Waals surface area contributed by atoms with Gasteiger partial charge in [-0.05, 0) is 48.2 Å². The highest BCUT2D eigenvalue weighted by atomic mass is 32.1. The molecule has 3 nitrogen and oxygen atoms in total. The number of allylic oxidation sites excluding steroid dienone is 1. The Morgan fingerprint density at radius 3 is 2.38 bits per heavy atom. The third kappa shape index (κ3) is 3.22. The minimum atomic E-state index is 1.00. The summed E-state index contributed by atoms with van der Waals surface area (Å²) in [7, 11) is 0. The van der Waals surface area contributed by atoms with Crippen LogP contribution in [0.2, 0.25) is 0 Å². The van der Waals surface area contributed by atoms with Crippen LogP contribution in [0.4, 0.5) is 0 Å². The first-order valence-electron chi connectivity index (χ1n) is 9.42. The molecule has 29 heavy (non-hydrogen) atoms. The van der Waals surface area contributed by atoms with Crippen LogP contribution >= 0.6 is 22.7 Å². The Morgan fingerprint density at radius 2 is 1.66 bits per heavy atom. The molecule has 0 amide bonds. The van der Waals surface area contributed by atoms with Crippen molar-refractivity contribution in [3.63, 3.8) is 0 Å². The fourth-order valence-corrected chi connectivity index (χ4v) is 5.95. The summed E-state index contributed by atoms with van der Waals surface area (Å²) in [6.07, 6.45) is 5.45. The first kappa shape index (κ1) is 18.0. The lowest BCUT2D eigenvalue weighted by Crippen LogP contribution is -1.80. The number of nitrogens with one attached hydrogen (secondary N) is 1. The maximum Gasteiger partial charge on any atom is 0.0931 e. The maximum atomic E-state index is 4.32. The van der Waals surface area contributed by atoms with Crippen LogP contribution in [0.5, 0.6) is 0 Å². The normalized spacial score (nSPS) is 12.6. The van der Waals surface area contributed by atoms with Crippen LogP contribution in [0, 0.1) is 0 Å². The summed E-state index contributed by atoms with van der Waals surface area (Å²) < 4.78 is 2.70. The van der Waals surface area contributed by atoms with Crippen LogP contribution in [0.3, 0.4) is 0 Å². The minimum Gasteiger partial charge on any atom is -0.345 e. The van der Waals surface area contributed by atoms with Gasteiger partial charge in [0.2, 0.25) is 0 Å². The van der Waals surface area contributed by atoms with Gasteiger partial charge in [0, 0.05) is 34.3 Å². The number of fused-ring (bicyclic) bond motifs is 2. The van der Waals surface area contributed by atoms with E-state index in [9.17, 15) is 0 Å². The standard InChI is InChI=1S/C24H19N3S2/c1-3-25-11-15(2)16-4-6-17(7-5-16)19-12-28-24-20(13-29-23(19)24)18-8-9-21-22(10-18)27-14-26-21/h3-14H,1-2H3,(H,26,27)/b15-11+,25-3?. The van der Waals surface area contributed by atoms with Crippen molar-refractivity contribution in [2.45, 2.75) is 13.8 Å². The zero-order valence-electron chi connectivity index (χ0n) is 16.1. The molecule has 5 aromatic rings. The van der Waals surface area contributed by atoms with Crippen LogP contribution < -0.4 is 0 Å². The van der Waals surface area contributed by atoms with E-state index in [0.29, 0.717) is 0 Å². The highest BCUT2D eigenvalue weighted by molar-refractivity contribution is 7.27. The summed E-state index contributed by atoms with van der Waals surface area (Å²) >= 11 is 3.64. The number of H-pyrrole nitrogens is 1. The molecule has 0 unspecified atom stereocenters. The van der Waals surface area contributed by atoms with E-state index < -0.39 is 0 Å². The molecule has 0 fully saturated rings. The monoisotopic (exact) mass is 413 g/mol. The Hall–Kier alpha value is -3.02. The quantitative estimate of drug-likeness (QED) is 0.302. The second kappa shape index (κ2) is 7.43. The number of thiophene rings is 2. The van der Waals surface area contributed by atoms with E-state index in [-0.39, 0.29) is 0 Å². The van der Waals surface area contributed by atoms with E-state index in [1.807, 2.05) is 35.8 Å². The maximum absolute atomic E-state index is 4.32. The van der Waals surface area contributed by atoms with Crippen LogP contribution in [0.1, 0.15) is 19.4 Å². The molecule has 5 heteroatoms. The first-order chi connectivity index (χ1) is 14.2. The summed E-state index contributed by atoms with van der Waals surface area (Å²) in [5, 5.41) is 4.55. The van der Waals surface area contributed by atoms with Crippen LogP contribution in [-0.2, 0) is 0 Å². The average molecular weight is 414 g/mol. The largest absolute Gasteiger partial charge is 0.345 e. The Kier molecular flexibility index (Phi) is 4.62. The summed E-state index contributed by atoms with van der Waals surface area (Å²) in [6.45, 7) is 4.02. The van der Waals surface area contributed by atoms with E-state index in [1.165, 1.54) is 37.2 Å². The summed E-state index contributed by atoms with van der Waals surface area (Å²) in [4.78, 5) is 11.8. The fourth-order valence-electron chi connectivity index (χ4n) is 3.50. The highest BCUT2D eigenvalue weighted by Gasteiger charge is 2.14. The van der Waals surface area contributed by atoms with Crippen molar-refractivity contribution in [2.24, 2.45) is 4.99 Å². The van der Waals surface area contributed by atoms with E-state index >= 15 is 0 Å². The Balaban J connectivity index is 1.52. The second-order valence-electron chi connectivity index (χ2n) is 6.89. The van der Waals surface area contributed by atoms with E-state index in [1.54, 1.807) is 12.5 Å². The van der Waals surface area contributed by atoms with Gasteiger partial charge in [-0.2, -0.15) is 0 Å². The molecule has 0 spiro atoms. The molecule has 0 saturated heterocycles. The number of nitrogens with zero attached hydrogens (tertiary/aromatic N) is 2. The molecular formula is C24H19N3S2. The lowest BCUT2D eigenvalue weighted by molar-refractivity contribution is 1.34. The number of benzene rings is 2. The van der Waals surface area contributed by atoms with Crippen molar-refractivity contribution >= 4 is 54.9 Å². The Bertz CT molecular complexity index is 1360. The minimum absolute atomic E-state index is 1.00. The van der Waals surface area contributed by atoms with Crippen molar-refractivity contribution in [1.82, 2.24) is 9.97 Å². The van der Waals surface area contributed by atoms with Gasteiger partial charge in [0.05, 0.1) is 26.8 Å². The lowest BCUT2D eigenvalue weighted by Gasteiger charge is -2.03. The number of imidazole rings is 1. The molecule has 0 radical (unpaired) electrons. The van der Waals surface area contributed by atoms with Crippen molar-refractivity contribution in [3.05, 3.63) is 71.3 Å². The van der Waals surface area contributed by atoms with Crippen LogP contribution in [0.25, 0.3) is 48.3 Å². The number of aliphatic imine (C=N–C) groups is 1. The number of hydrogen-bond acceptors (Lipinski definition) is 4. The van der Waals surface area contributed by atoms with Gasteiger partial charge in [0.25, 0.3) is 0 Å². The van der Waals surface area contributed by atoms with Crippen molar-refractivity contribution in [2.75, 3.05) is 0 Å². The van der Waals surface area contributed by atoms with Gasteiger partial charge in [-0.25, -0.2) is 4.98 Å². The predicted molar refractivity (Wildman–Crippen MR) is 128 cm³/mol.